The van der Waals surface area contributed by atoms with Gasteiger partial charge in [0.2, 0.25) is 16.9 Å². The zero-order valence-electron chi connectivity index (χ0n) is 17.7. The molecule has 1 aromatic carbocycles. The summed E-state index contributed by atoms with van der Waals surface area (Å²) in [6.07, 6.45) is 3.21. The van der Waals surface area contributed by atoms with Crippen LogP contribution in [0.2, 0.25) is 0 Å². The molecular weight excluding hydrogens is 416 g/mol. The van der Waals surface area contributed by atoms with Crippen LogP contribution in [0.1, 0.15) is 36.8 Å². The highest BCUT2D eigenvalue weighted by atomic mass is 32.2. The molecule has 3 aromatic rings. The van der Waals surface area contributed by atoms with Gasteiger partial charge in [-0.05, 0) is 62.0 Å². The van der Waals surface area contributed by atoms with Gasteiger partial charge in [-0.1, -0.05) is 18.2 Å². The minimum Gasteiger partial charge on any atom is -0.447 e. The van der Waals surface area contributed by atoms with Gasteiger partial charge in [0, 0.05) is 25.6 Å². The second kappa shape index (κ2) is 7.58. The van der Waals surface area contributed by atoms with Crippen LogP contribution in [0.5, 0.6) is 0 Å². The number of nitrogens with zero attached hydrogens (tertiary/aromatic N) is 4. The van der Waals surface area contributed by atoms with Crippen molar-refractivity contribution in [1.82, 2.24) is 19.4 Å². The van der Waals surface area contributed by atoms with Crippen LogP contribution < -0.4 is 0 Å². The van der Waals surface area contributed by atoms with Gasteiger partial charge >= 0.3 is 0 Å². The minimum atomic E-state index is -3.54. The van der Waals surface area contributed by atoms with E-state index in [-0.39, 0.29) is 10.5 Å². The summed E-state index contributed by atoms with van der Waals surface area (Å²) < 4.78 is 37.1. The Balaban J connectivity index is 1.19. The molecule has 2 aromatic heterocycles. The number of hydrogen-bond donors (Lipinski definition) is 0. The molecular formula is C22H26N4O4S. The van der Waals surface area contributed by atoms with E-state index in [1.807, 2.05) is 30.3 Å². The van der Waals surface area contributed by atoms with Crippen molar-refractivity contribution in [2.45, 2.75) is 36.8 Å². The molecule has 2 fully saturated rings. The molecule has 1 saturated heterocycles. The van der Waals surface area contributed by atoms with E-state index in [4.69, 9.17) is 8.83 Å². The van der Waals surface area contributed by atoms with Gasteiger partial charge in [-0.25, -0.2) is 12.7 Å². The number of likely N-dealkylation sites (tertiary alicyclic amines) is 1. The van der Waals surface area contributed by atoms with Crippen LogP contribution in [0.3, 0.4) is 0 Å². The van der Waals surface area contributed by atoms with Gasteiger partial charge in [-0.2, -0.15) is 0 Å². The number of piperidine rings is 1. The second-order valence-electron chi connectivity index (χ2n) is 8.71. The lowest BCUT2D eigenvalue weighted by atomic mass is 9.90. The van der Waals surface area contributed by atoms with Crippen LogP contribution in [0.15, 0.2) is 56.4 Å². The molecule has 1 spiro atoms. The summed E-state index contributed by atoms with van der Waals surface area (Å²) in [5, 5.41) is 8.56. The second-order valence-corrected chi connectivity index (χ2v) is 10.8. The van der Waals surface area contributed by atoms with Crippen LogP contribution in [-0.2, 0) is 16.6 Å². The third-order valence-electron chi connectivity index (χ3n) is 6.55. The Labute approximate surface area is 181 Å². The first kappa shape index (κ1) is 20.4. The average molecular weight is 443 g/mol. The number of hydrogen-bond acceptors (Lipinski definition) is 7. The number of aromatic nitrogens is 2. The molecule has 0 bridgehead atoms. The highest BCUT2D eigenvalue weighted by Crippen LogP contribution is 2.64. The molecule has 9 heteroatoms. The first-order chi connectivity index (χ1) is 14.9. The van der Waals surface area contributed by atoms with E-state index in [0.717, 1.165) is 48.1 Å². The average Bonchev–Trinajstić information content (AvgIpc) is 3.14. The van der Waals surface area contributed by atoms with Gasteiger partial charge in [0.05, 0.1) is 6.54 Å². The maximum absolute atomic E-state index is 12.2. The number of benzene rings is 1. The van der Waals surface area contributed by atoms with Crippen molar-refractivity contribution >= 4 is 10.0 Å². The summed E-state index contributed by atoms with van der Waals surface area (Å²) in [5.41, 5.74) is 1.19. The number of rotatable bonds is 6. The third kappa shape index (κ3) is 3.81. The van der Waals surface area contributed by atoms with Gasteiger partial charge < -0.3 is 8.83 Å². The molecule has 1 aliphatic carbocycles. The predicted octanol–water partition coefficient (Wildman–Crippen LogP) is 3.35. The van der Waals surface area contributed by atoms with Crippen molar-refractivity contribution in [2.24, 2.45) is 5.41 Å². The van der Waals surface area contributed by atoms with E-state index < -0.39 is 10.0 Å². The van der Waals surface area contributed by atoms with Crippen molar-refractivity contribution in [3.8, 4) is 11.5 Å². The lowest BCUT2D eigenvalue weighted by Gasteiger charge is -2.32. The van der Waals surface area contributed by atoms with Gasteiger partial charge in [-0.3, -0.25) is 4.90 Å². The van der Waals surface area contributed by atoms with Crippen LogP contribution in [0, 0.1) is 5.41 Å². The Hall–Kier alpha value is -2.49. The van der Waals surface area contributed by atoms with E-state index in [9.17, 15) is 8.42 Å². The van der Waals surface area contributed by atoms with Gasteiger partial charge in [0.15, 0.2) is 0 Å². The fourth-order valence-electron chi connectivity index (χ4n) is 4.46. The van der Waals surface area contributed by atoms with Gasteiger partial charge in [-0.15, -0.1) is 10.2 Å². The van der Waals surface area contributed by atoms with Crippen LogP contribution in [0.4, 0.5) is 0 Å². The minimum absolute atomic E-state index is 0.00569. The quantitative estimate of drug-likeness (QED) is 0.578. The van der Waals surface area contributed by atoms with Gasteiger partial charge in [0.1, 0.15) is 5.76 Å². The molecule has 8 nitrogen and oxygen atoms in total. The Morgan fingerprint density at radius 2 is 1.81 bits per heavy atom. The summed E-state index contributed by atoms with van der Waals surface area (Å²) >= 11 is 0. The molecule has 2 aliphatic rings. The molecule has 164 valence electrons. The Kier molecular flexibility index (Phi) is 4.99. The molecule has 0 amide bonds. The third-order valence-corrected chi connectivity index (χ3v) is 8.24. The van der Waals surface area contributed by atoms with E-state index in [2.05, 4.69) is 15.1 Å². The summed E-state index contributed by atoms with van der Waals surface area (Å²) in [4.78, 5) is 2.31. The molecule has 1 saturated carbocycles. The Morgan fingerprint density at radius 1 is 1.06 bits per heavy atom. The summed E-state index contributed by atoms with van der Waals surface area (Å²) in [6, 6.07) is 13.1. The fourth-order valence-corrected chi connectivity index (χ4v) is 5.27. The highest BCUT2D eigenvalue weighted by Gasteiger charge is 2.58. The molecule has 31 heavy (non-hydrogen) atoms. The summed E-state index contributed by atoms with van der Waals surface area (Å²) in [5.74, 6) is 2.33. The van der Waals surface area contributed by atoms with Crippen molar-refractivity contribution in [2.75, 3.05) is 27.2 Å². The summed E-state index contributed by atoms with van der Waals surface area (Å²) in [6.45, 7) is 2.49. The lowest BCUT2D eigenvalue weighted by molar-refractivity contribution is 0.148. The van der Waals surface area contributed by atoms with Crippen LogP contribution >= 0.6 is 0 Å². The van der Waals surface area contributed by atoms with Crippen molar-refractivity contribution in [1.29, 1.82) is 0 Å². The fraction of sp³-hybridized carbons (Fsp3) is 0.455. The maximum Gasteiger partial charge on any atom is 0.275 e. The summed E-state index contributed by atoms with van der Waals surface area (Å²) in [7, 11) is -0.537. The topological polar surface area (TPSA) is 92.7 Å². The predicted molar refractivity (Wildman–Crippen MR) is 114 cm³/mol. The Morgan fingerprint density at radius 3 is 2.52 bits per heavy atom. The van der Waals surface area contributed by atoms with Gasteiger partial charge in [0.25, 0.3) is 10.0 Å². The number of sulfonamides is 1. The molecule has 0 radical (unpaired) electrons. The molecule has 0 unspecified atom stereocenters. The molecule has 3 heterocycles. The molecule has 1 atom stereocenters. The number of furan rings is 1. The smallest absolute Gasteiger partial charge is 0.275 e. The Bertz CT molecular complexity index is 1160. The standard InChI is InChI=1S/C22H26N4O4S/c1-25(2)31(27,28)19-9-8-17(29-19)15-26-12-10-22(11-13-26)14-18(22)21-24-23-20(30-21)16-6-4-3-5-7-16/h3-9,18H,10-15H2,1-2H3/t18-/m1/s1. The zero-order chi connectivity index (χ0) is 21.6. The first-order valence-corrected chi connectivity index (χ1v) is 11.9. The van der Waals surface area contributed by atoms with Crippen LogP contribution in [-0.4, -0.2) is 55.0 Å². The zero-order valence-corrected chi connectivity index (χ0v) is 18.5. The monoisotopic (exact) mass is 442 g/mol. The molecule has 1 aliphatic heterocycles. The van der Waals surface area contributed by atoms with E-state index in [0.29, 0.717) is 24.1 Å². The largest absolute Gasteiger partial charge is 0.447 e. The van der Waals surface area contributed by atoms with Crippen molar-refractivity contribution < 1.29 is 17.3 Å². The highest BCUT2D eigenvalue weighted by molar-refractivity contribution is 7.88. The van der Waals surface area contributed by atoms with Crippen molar-refractivity contribution in [3.63, 3.8) is 0 Å². The molecule has 0 N–H and O–H groups in total. The maximum atomic E-state index is 12.2. The normalized spacial score (nSPS) is 21.1. The lowest BCUT2D eigenvalue weighted by Crippen LogP contribution is -2.34. The first-order valence-electron chi connectivity index (χ1n) is 10.5. The van der Waals surface area contributed by atoms with E-state index >= 15 is 0 Å². The van der Waals surface area contributed by atoms with E-state index in [1.54, 1.807) is 6.07 Å². The SMILES string of the molecule is CN(C)S(=O)(=O)c1ccc(CN2CCC3(CC2)C[C@@H]3c2nnc(-c3ccccc3)o2)o1. The molecule has 5 rings (SSSR count). The van der Waals surface area contributed by atoms with E-state index in [1.165, 1.54) is 20.2 Å². The van der Waals surface area contributed by atoms with Crippen LogP contribution in [0.25, 0.3) is 11.5 Å². The van der Waals surface area contributed by atoms with Crippen molar-refractivity contribution in [3.05, 3.63) is 54.1 Å².